The van der Waals surface area contributed by atoms with Crippen molar-refractivity contribution in [3.05, 3.63) is 34.9 Å². The Balaban J connectivity index is 0.00000364. The summed E-state index contributed by atoms with van der Waals surface area (Å²) in [7, 11) is 0. The molecule has 5 nitrogen and oxygen atoms in total. The Hall–Kier alpha value is -1.31. The van der Waals surface area contributed by atoms with Gasteiger partial charge in [0.25, 0.3) is 0 Å². The summed E-state index contributed by atoms with van der Waals surface area (Å²) in [5.41, 5.74) is 3.76. The summed E-state index contributed by atoms with van der Waals surface area (Å²) in [5, 5.41) is 6.55. The van der Waals surface area contributed by atoms with Gasteiger partial charge < -0.3 is 15.5 Å². The van der Waals surface area contributed by atoms with Crippen LogP contribution in [0.2, 0.25) is 0 Å². The van der Waals surface area contributed by atoms with Gasteiger partial charge in [0.05, 0.1) is 6.54 Å². The van der Waals surface area contributed by atoms with Gasteiger partial charge in [-0.3, -0.25) is 4.79 Å². The Morgan fingerprint density at radius 2 is 2.07 bits per heavy atom. The minimum atomic E-state index is 0. The smallest absolute Gasteiger partial charge is 0.224 e. The fourth-order valence-corrected chi connectivity index (χ4v) is 3.39. The lowest BCUT2D eigenvalue weighted by atomic mass is 10.00. The predicted octanol–water partition coefficient (Wildman–Crippen LogP) is 3.63. The monoisotopic (exact) mass is 486 g/mol. The van der Waals surface area contributed by atoms with Crippen LogP contribution in [0.5, 0.6) is 0 Å². The molecule has 0 bridgehead atoms. The van der Waals surface area contributed by atoms with Gasteiger partial charge in [-0.2, -0.15) is 0 Å². The lowest BCUT2D eigenvalue weighted by Gasteiger charge is -2.31. The highest BCUT2D eigenvalue weighted by Gasteiger charge is 2.20. The van der Waals surface area contributed by atoms with Crippen LogP contribution in [0.25, 0.3) is 0 Å². The van der Waals surface area contributed by atoms with Gasteiger partial charge in [0.1, 0.15) is 0 Å². The molecule has 1 aliphatic rings. The molecular weight excluding hydrogens is 451 g/mol. The quantitative estimate of drug-likeness (QED) is 0.367. The summed E-state index contributed by atoms with van der Waals surface area (Å²) in [5.74, 6) is 1.64. The van der Waals surface area contributed by atoms with Crippen LogP contribution in [0, 0.1) is 19.8 Å². The third kappa shape index (κ3) is 8.07. The Labute approximate surface area is 181 Å². The van der Waals surface area contributed by atoms with Crippen LogP contribution >= 0.6 is 24.0 Å². The second-order valence-electron chi connectivity index (χ2n) is 7.39. The van der Waals surface area contributed by atoms with Crippen molar-refractivity contribution in [2.24, 2.45) is 10.9 Å². The van der Waals surface area contributed by atoms with Gasteiger partial charge >= 0.3 is 0 Å². The summed E-state index contributed by atoms with van der Waals surface area (Å²) in [4.78, 5) is 19.0. The largest absolute Gasteiger partial charge is 0.357 e. The number of halogens is 1. The SMILES string of the molecule is CCNC(=NCc1ccc(C)cc1C)NCCC(=O)N1CCCC(C)C1.I. The van der Waals surface area contributed by atoms with Crippen molar-refractivity contribution >= 4 is 35.8 Å². The minimum absolute atomic E-state index is 0. The van der Waals surface area contributed by atoms with E-state index < -0.39 is 0 Å². The third-order valence-corrected chi connectivity index (χ3v) is 4.89. The van der Waals surface area contributed by atoms with Gasteiger partial charge in [-0.1, -0.05) is 30.7 Å². The molecule has 1 atom stereocenters. The summed E-state index contributed by atoms with van der Waals surface area (Å²) >= 11 is 0. The summed E-state index contributed by atoms with van der Waals surface area (Å²) in [6.45, 7) is 12.4. The molecule has 1 amide bonds. The van der Waals surface area contributed by atoms with Gasteiger partial charge in [0.15, 0.2) is 5.96 Å². The standard InChI is InChI=1S/C21H34N4O.HI/c1-5-22-21(24-14-19-9-8-16(2)13-18(19)4)23-11-10-20(26)25-12-6-7-17(3)15-25;/h8-9,13,17H,5-7,10-12,14-15H2,1-4H3,(H2,22,23,24);1H. The molecule has 27 heavy (non-hydrogen) atoms. The van der Waals surface area contributed by atoms with Crippen LogP contribution < -0.4 is 10.6 Å². The first kappa shape index (κ1) is 23.7. The zero-order chi connectivity index (χ0) is 18.9. The van der Waals surface area contributed by atoms with E-state index in [4.69, 9.17) is 0 Å². The second kappa shape index (κ2) is 12.2. The molecule has 6 heteroatoms. The molecular formula is C21H35IN4O. The van der Waals surface area contributed by atoms with E-state index in [1.165, 1.54) is 23.1 Å². The average Bonchev–Trinajstić information content (AvgIpc) is 2.60. The molecule has 0 saturated carbocycles. The van der Waals surface area contributed by atoms with Gasteiger partial charge in [0.2, 0.25) is 5.91 Å². The number of aryl methyl sites for hydroxylation is 2. The van der Waals surface area contributed by atoms with Crippen LogP contribution in [0.4, 0.5) is 0 Å². The van der Waals surface area contributed by atoms with Crippen LogP contribution in [0.15, 0.2) is 23.2 Å². The minimum Gasteiger partial charge on any atom is -0.357 e. The molecule has 1 heterocycles. The average molecular weight is 486 g/mol. The Morgan fingerprint density at radius 3 is 2.74 bits per heavy atom. The van der Waals surface area contributed by atoms with Gasteiger partial charge in [-0.25, -0.2) is 4.99 Å². The number of nitrogens with one attached hydrogen (secondary N) is 2. The number of guanidine groups is 1. The zero-order valence-electron chi connectivity index (χ0n) is 17.2. The van der Waals surface area contributed by atoms with E-state index in [1.54, 1.807) is 0 Å². The molecule has 0 spiro atoms. The fourth-order valence-electron chi connectivity index (χ4n) is 3.39. The lowest BCUT2D eigenvalue weighted by molar-refractivity contribution is -0.132. The van der Waals surface area contributed by atoms with Crippen molar-refractivity contribution in [3.8, 4) is 0 Å². The van der Waals surface area contributed by atoms with E-state index in [-0.39, 0.29) is 29.9 Å². The molecule has 0 aliphatic carbocycles. The van der Waals surface area contributed by atoms with E-state index in [0.29, 0.717) is 25.4 Å². The van der Waals surface area contributed by atoms with Gasteiger partial charge in [-0.15, -0.1) is 24.0 Å². The van der Waals surface area contributed by atoms with Gasteiger partial charge in [0, 0.05) is 32.6 Å². The van der Waals surface area contributed by atoms with E-state index in [2.05, 4.69) is 61.5 Å². The zero-order valence-corrected chi connectivity index (χ0v) is 19.5. The maximum atomic E-state index is 12.4. The lowest BCUT2D eigenvalue weighted by Crippen LogP contribution is -2.42. The molecule has 1 unspecified atom stereocenters. The number of carbonyl (C=O) groups excluding carboxylic acids is 1. The van der Waals surface area contributed by atoms with Crippen molar-refractivity contribution in [2.75, 3.05) is 26.2 Å². The molecule has 1 saturated heterocycles. The first-order valence-electron chi connectivity index (χ1n) is 9.85. The highest BCUT2D eigenvalue weighted by molar-refractivity contribution is 14.0. The van der Waals surface area contributed by atoms with Crippen molar-refractivity contribution < 1.29 is 4.79 Å². The van der Waals surface area contributed by atoms with E-state index in [1.807, 2.05) is 4.90 Å². The van der Waals surface area contributed by atoms with E-state index in [0.717, 1.165) is 32.0 Å². The summed E-state index contributed by atoms with van der Waals surface area (Å²) in [6.07, 6.45) is 2.87. The predicted molar refractivity (Wildman–Crippen MR) is 124 cm³/mol. The molecule has 1 aromatic carbocycles. The number of aliphatic imine (C=N–C) groups is 1. The van der Waals surface area contributed by atoms with Gasteiger partial charge in [-0.05, 0) is 50.7 Å². The number of rotatable bonds is 6. The normalized spacial score (nSPS) is 17.3. The van der Waals surface area contributed by atoms with Crippen LogP contribution in [-0.2, 0) is 11.3 Å². The van der Waals surface area contributed by atoms with Crippen molar-refractivity contribution in [3.63, 3.8) is 0 Å². The van der Waals surface area contributed by atoms with Crippen molar-refractivity contribution in [1.29, 1.82) is 0 Å². The van der Waals surface area contributed by atoms with E-state index >= 15 is 0 Å². The highest BCUT2D eigenvalue weighted by Crippen LogP contribution is 2.16. The number of amides is 1. The number of carbonyl (C=O) groups is 1. The highest BCUT2D eigenvalue weighted by atomic mass is 127. The number of likely N-dealkylation sites (tertiary alicyclic amines) is 1. The van der Waals surface area contributed by atoms with Crippen molar-refractivity contribution in [1.82, 2.24) is 15.5 Å². The maximum absolute atomic E-state index is 12.4. The molecule has 2 rings (SSSR count). The molecule has 152 valence electrons. The first-order chi connectivity index (χ1) is 12.5. The Morgan fingerprint density at radius 1 is 1.30 bits per heavy atom. The molecule has 0 radical (unpaired) electrons. The molecule has 0 aromatic heterocycles. The number of hydrogen-bond acceptors (Lipinski definition) is 2. The second-order valence-corrected chi connectivity index (χ2v) is 7.39. The number of hydrogen-bond donors (Lipinski definition) is 2. The van der Waals surface area contributed by atoms with Crippen LogP contribution in [0.1, 0.15) is 49.8 Å². The van der Waals surface area contributed by atoms with Crippen LogP contribution in [0.3, 0.4) is 0 Å². The van der Waals surface area contributed by atoms with Crippen LogP contribution in [-0.4, -0.2) is 42.9 Å². The number of benzene rings is 1. The Bertz CT molecular complexity index is 633. The van der Waals surface area contributed by atoms with Crippen molar-refractivity contribution in [2.45, 2.75) is 53.5 Å². The molecule has 1 aromatic rings. The number of nitrogens with zero attached hydrogens (tertiary/aromatic N) is 2. The molecule has 2 N–H and O–H groups in total. The molecule has 1 fully saturated rings. The fraction of sp³-hybridized carbons (Fsp3) is 0.619. The summed E-state index contributed by atoms with van der Waals surface area (Å²) in [6, 6.07) is 6.44. The third-order valence-electron chi connectivity index (χ3n) is 4.89. The number of piperidine rings is 1. The topological polar surface area (TPSA) is 56.7 Å². The summed E-state index contributed by atoms with van der Waals surface area (Å²) < 4.78 is 0. The first-order valence-corrected chi connectivity index (χ1v) is 9.85. The van der Waals surface area contributed by atoms with E-state index in [9.17, 15) is 4.79 Å². The maximum Gasteiger partial charge on any atom is 0.224 e. The Kier molecular flexibility index (Phi) is 10.7. The molecule has 1 aliphatic heterocycles.